The summed E-state index contributed by atoms with van der Waals surface area (Å²) in [7, 11) is 1.61. The van der Waals surface area contributed by atoms with E-state index in [0.717, 1.165) is 50.2 Å². The number of benzene rings is 1. The molecule has 13 nitrogen and oxygen atoms in total. The maximum absolute atomic E-state index is 14.4. The summed E-state index contributed by atoms with van der Waals surface area (Å²) in [6.45, 7) is 5.37. The molecule has 52 heavy (non-hydrogen) atoms. The highest BCUT2D eigenvalue weighted by molar-refractivity contribution is 6.00. The lowest BCUT2D eigenvalue weighted by molar-refractivity contribution is -0.147. The van der Waals surface area contributed by atoms with Crippen LogP contribution >= 0.6 is 0 Å². The number of halogens is 1. The second-order valence-electron chi connectivity index (χ2n) is 14.2. The highest BCUT2D eigenvalue weighted by Gasteiger charge is 2.41. The Morgan fingerprint density at radius 3 is 2.54 bits per heavy atom. The number of amides is 4. The van der Waals surface area contributed by atoms with Crippen molar-refractivity contribution in [3.63, 3.8) is 0 Å². The lowest BCUT2D eigenvalue weighted by Gasteiger charge is -2.34. The molecular formula is C38H51FN8O5. The van der Waals surface area contributed by atoms with Crippen molar-refractivity contribution in [1.82, 2.24) is 40.4 Å². The number of pyridine rings is 1. The molecule has 14 heteroatoms. The Morgan fingerprint density at radius 1 is 0.981 bits per heavy atom. The summed E-state index contributed by atoms with van der Waals surface area (Å²) < 4.78 is 22.0. The number of fused-ring (bicyclic) bond motifs is 4. The molecule has 0 aliphatic carbocycles. The number of hydrogen-bond acceptors (Lipinski definition) is 8. The molecule has 2 bridgehead atoms. The lowest BCUT2D eigenvalue weighted by atomic mass is 10.0. The van der Waals surface area contributed by atoms with Crippen molar-refractivity contribution in [2.24, 2.45) is 5.92 Å². The number of carbonyl (C=O) groups is 4. The molecular weight excluding hydrogens is 667 g/mol. The van der Waals surface area contributed by atoms with Gasteiger partial charge in [-0.1, -0.05) is 50.8 Å². The van der Waals surface area contributed by atoms with Crippen LogP contribution < -0.4 is 15.4 Å². The van der Waals surface area contributed by atoms with Crippen LogP contribution in [-0.2, 0) is 34.0 Å². The third-order valence-electron chi connectivity index (χ3n) is 9.66. The molecule has 1 aromatic carbocycles. The van der Waals surface area contributed by atoms with Crippen LogP contribution in [0.5, 0.6) is 5.75 Å². The fraction of sp³-hybridized carbons (Fsp3) is 0.553. The molecule has 3 aromatic rings. The Morgan fingerprint density at radius 2 is 1.77 bits per heavy atom. The van der Waals surface area contributed by atoms with Crippen LogP contribution in [-0.4, -0.2) is 91.7 Å². The summed E-state index contributed by atoms with van der Waals surface area (Å²) in [4.78, 5) is 63.0. The molecule has 2 aromatic heterocycles. The largest absolute Gasteiger partial charge is 0.486 e. The average molecular weight is 719 g/mol. The minimum Gasteiger partial charge on any atom is -0.486 e. The van der Waals surface area contributed by atoms with E-state index < -0.39 is 29.8 Å². The minimum absolute atomic E-state index is 0.0121. The molecule has 0 spiro atoms. The van der Waals surface area contributed by atoms with E-state index in [2.05, 4.69) is 25.9 Å². The van der Waals surface area contributed by atoms with Gasteiger partial charge in [-0.25, -0.2) is 4.39 Å². The van der Waals surface area contributed by atoms with Crippen LogP contribution in [0.3, 0.4) is 0 Å². The van der Waals surface area contributed by atoms with Crippen LogP contribution in [0.2, 0.25) is 0 Å². The molecule has 0 unspecified atom stereocenters. The zero-order chi connectivity index (χ0) is 37.0. The third-order valence-corrected chi connectivity index (χ3v) is 9.66. The number of carbonyl (C=O) groups excluding carboxylic acids is 4. The molecule has 1 saturated heterocycles. The molecule has 0 saturated carbocycles. The van der Waals surface area contributed by atoms with Crippen LogP contribution in [0.25, 0.3) is 0 Å². The van der Waals surface area contributed by atoms with Crippen molar-refractivity contribution in [1.29, 1.82) is 0 Å². The van der Waals surface area contributed by atoms with Crippen LogP contribution in [0.15, 0.2) is 48.9 Å². The van der Waals surface area contributed by atoms with E-state index in [4.69, 9.17) is 4.74 Å². The smallest absolute Gasteiger partial charge is 0.255 e. The van der Waals surface area contributed by atoms with E-state index >= 15 is 0 Å². The van der Waals surface area contributed by atoms with Crippen LogP contribution in [0, 0.1) is 11.7 Å². The van der Waals surface area contributed by atoms with Crippen LogP contribution in [0.4, 0.5) is 4.39 Å². The molecule has 4 amide bonds. The summed E-state index contributed by atoms with van der Waals surface area (Å²) in [6.07, 6.45) is 12.5. The van der Waals surface area contributed by atoms with E-state index in [1.807, 2.05) is 19.9 Å². The normalized spacial score (nSPS) is 22.0. The molecule has 2 N–H and O–H groups in total. The summed E-state index contributed by atoms with van der Waals surface area (Å²) in [5.74, 6) is -2.13. The number of ether oxygens (including phenoxy) is 1. The standard InChI is InChI=1S/C38H51FN8O5/c1-26(2)20-31-37(50)47-19-11-13-32(47)38(51)45(3)33(21-27-12-10-16-40-23-27)36(49)41-17-8-6-4-5-7-9-18-46-24-29(43-44-46)25-52-34-22-28(39)14-15-30(34)35(48)42-31/h10,12,14-16,22-24,26,31-33H,4-9,11,13,17-21,25H2,1-3H3,(H,41,49)(H,42,48)/t31-,32-,33+/m1/s1. The number of likely N-dealkylation sites (N-methyl/N-ethyl adjacent to an activating group) is 1. The Bertz CT molecular complexity index is 1670. The topological polar surface area (TPSA) is 152 Å². The maximum atomic E-state index is 14.4. The van der Waals surface area contributed by atoms with Gasteiger partial charge in [-0.3, -0.25) is 28.8 Å². The van der Waals surface area contributed by atoms with Crippen molar-refractivity contribution >= 4 is 23.6 Å². The Kier molecular flexibility index (Phi) is 13.7. The first-order chi connectivity index (χ1) is 25.1. The maximum Gasteiger partial charge on any atom is 0.255 e. The number of aryl methyl sites for hydroxylation is 1. The molecule has 0 radical (unpaired) electrons. The zero-order valence-electron chi connectivity index (χ0n) is 30.4. The molecule has 1 fully saturated rings. The van der Waals surface area contributed by atoms with Gasteiger partial charge in [0.2, 0.25) is 17.7 Å². The molecule has 280 valence electrons. The van der Waals surface area contributed by atoms with Gasteiger partial charge in [-0.05, 0) is 61.8 Å². The Labute approximate surface area is 304 Å². The first kappa shape index (κ1) is 38.4. The van der Waals surface area contributed by atoms with Gasteiger partial charge in [-0.2, -0.15) is 0 Å². The summed E-state index contributed by atoms with van der Waals surface area (Å²) in [5.41, 5.74) is 1.41. The van der Waals surface area contributed by atoms with Crippen molar-refractivity contribution in [2.45, 2.75) is 109 Å². The van der Waals surface area contributed by atoms with E-state index in [1.54, 1.807) is 36.4 Å². The first-order valence-electron chi connectivity index (χ1n) is 18.5. The molecule has 5 rings (SSSR count). The third kappa shape index (κ3) is 10.3. The minimum atomic E-state index is -0.961. The van der Waals surface area contributed by atoms with Gasteiger partial charge in [0.05, 0.1) is 11.8 Å². The quantitative estimate of drug-likeness (QED) is 0.410. The van der Waals surface area contributed by atoms with E-state index in [1.165, 1.54) is 21.9 Å². The van der Waals surface area contributed by atoms with Gasteiger partial charge in [0.15, 0.2) is 0 Å². The summed E-state index contributed by atoms with van der Waals surface area (Å²) in [6, 6.07) is 4.72. The van der Waals surface area contributed by atoms with Gasteiger partial charge in [-0.15, -0.1) is 5.10 Å². The Balaban J connectivity index is 1.41. The number of hydrogen-bond donors (Lipinski definition) is 2. The summed E-state index contributed by atoms with van der Waals surface area (Å²) >= 11 is 0. The lowest BCUT2D eigenvalue weighted by Crippen LogP contribution is -2.57. The van der Waals surface area contributed by atoms with Gasteiger partial charge < -0.3 is 25.2 Å². The number of nitrogens with one attached hydrogen (secondary N) is 2. The van der Waals surface area contributed by atoms with Gasteiger partial charge in [0, 0.05) is 51.6 Å². The Hall–Kier alpha value is -4.88. The molecule has 3 atom stereocenters. The average Bonchev–Trinajstić information content (AvgIpc) is 3.81. The second-order valence-corrected chi connectivity index (χ2v) is 14.2. The number of aromatic nitrogens is 4. The van der Waals surface area contributed by atoms with Gasteiger partial charge >= 0.3 is 0 Å². The van der Waals surface area contributed by atoms with Crippen molar-refractivity contribution < 1.29 is 28.3 Å². The zero-order valence-corrected chi connectivity index (χ0v) is 30.4. The predicted molar refractivity (Wildman–Crippen MR) is 191 cm³/mol. The van der Waals surface area contributed by atoms with E-state index in [-0.39, 0.29) is 48.0 Å². The molecule has 2 aliphatic heterocycles. The van der Waals surface area contributed by atoms with Gasteiger partial charge in [0.1, 0.15) is 42.0 Å². The van der Waals surface area contributed by atoms with Crippen molar-refractivity contribution in [2.75, 3.05) is 20.1 Å². The van der Waals surface area contributed by atoms with E-state index in [0.29, 0.717) is 44.6 Å². The van der Waals surface area contributed by atoms with Crippen molar-refractivity contribution in [3.8, 4) is 5.75 Å². The van der Waals surface area contributed by atoms with Gasteiger partial charge in [0.25, 0.3) is 5.91 Å². The highest BCUT2D eigenvalue weighted by Crippen LogP contribution is 2.25. The van der Waals surface area contributed by atoms with E-state index in [9.17, 15) is 23.6 Å². The van der Waals surface area contributed by atoms with Crippen LogP contribution in [0.1, 0.15) is 93.3 Å². The second kappa shape index (κ2) is 18.6. The first-order valence-corrected chi connectivity index (χ1v) is 18.5. The fourth-order valence-corrected chi connectivity index (χ4v) is 6.86. The fourth-order valence-electron chi connectivity index (χ4n) is 6.86. The predicted octanol–water partition coefficient (Wildman–Crippen LogP) is 4.07. The summed E-state index contributed by atoms with van der Waals surface area (Å²) in [5, 5.41) is 14.3. The molecule has 2 aliphatic rings. The molecule has 4 heterocycles. The van der Waals surface area contributed by atoms with Crippen molar-refractivity contribution in [3.05, 3.63) is 71.6 Å². The monoisotopic (exact) mass is 718 g/mol. The number of rotatable bonds is 4. The SMILES string of the molecule is CC(C)C[C@H]1NC(=O)c2ccc(F)cc2OCc2cn(nn2)CCCCCCCCNC(=O)[C@H](Cc2cccnc2)N(C)C(=O)[C@H]2CCCN2C1=O. The number of nitrogens with zero attached hydrogens (tertiary/aromatic N) is 6. The highest BCUT2D eigenvalue weighted by atomic mass is 19.1.